The Hall–Kier alpha value is -0.0600. The summed E-state index contributed by atoms with van der Waals surface area (Å²) in [6.45, 7) is 9.94. The summed E-state index contributed by atoms with van der Waals surface area (Å²) in [6, 6.07) is 0. The maximum absolute atomic E-state index is 4.78. The van der Waals surface area contributed by atoms with Crippen molar-refractivity contribution >= 4 is 23.1 Å². The van der Waals surface area contributed by atoms with E-state index in [-0.39, 0.29) is 0 Å². The van der Waals surface area contributed by atoms with Gasteiger partial charge in [0, 0.05) is 21.9 Å². The highest BCUT2D eigenvalue weighted by atomic mass is 32.2. The van der Waals surface area contributed by atoms with Crippen LogP contribution in [0, 0.1) is 0 Å². The van der Waals surface area contributed by atoms with Crippen LogP contribution in [0.4, 0.5) is 0 Å². The molecule has 0 bridgehead atoms. The Morgan fingerprint density at radius 1 is 1.35 bits per heavy atom. The Kier molecular flexibility index (Phi) is 5.97. The monoisotopic (exact) mass is 272 g/mol. The fourth-order valence-electron chi connectivity index (χ4n) is 1.51. The highest BCUT2D eigenvalue weighted by Crippen LogP contribution is 2.30. The summed E-state index contributed by atoms with van der Waals surface area (Å²) in [5, 5.41) is 4.51. The molecule has 0 aliphatic heterocycles. The lowest BCUT2D eigenvalue weighted by molar-refractivity contribution is 0.795. The molecule has 1 N–H and O–H groups in total. The van der Waals surface area contributed by atoms with E-state index in [9.17, 15) is 0 Å². The van der Waals surface area contributed by atoms with Crippen LogP contribution in [0.1, 0.15) is 49.7 Å². The van der Waals surface area contributed by atoms with E-state index >= 15 is 0 Å². The lowest BCUT2D eigenvalue weighted by atomic mass is 10.2. The van der Waals surface area contributed by atoms with Crippen molar-refractivity contribution in [3.05, 3.63) is 15.6 Å². The summed E-state index contributed by atoms with van der Waals surface area (Å²) in [5.74, 6) is 1.04. The van der Waals surface area contributed by atoms with Crippen LogP contribution in [0.15, 0.2) is 0 Å². The second kappa shape index (κ2) is 6.76. The van der Waals surface area contributed by atoms with Crippen molar-refractivity contribution in [2.24, 2.45) is 0 Å². The fraction of sp³-hybridized carbons (Fsp3) is 0.769. The molecule has 0 saturated heterocycles. The summed E-state index contributed by atoms with van der Waals surface area (Å²) in [4.78, 5) is 6.19. The molecular formula is C13H24N2S2. The standard InChI is InChI=1S/C13H24N2S2/c1-6-7-10-11(8-14-5)17-12(15-10)9-16-13(2,3)4/h14H,6-9H2,1-5H3. The number of aromatic nitrogens is 1. The van der Waals surface area contributed by atoms with Gasteiger partial charge >= 0.3 is 0 Å². The largest absolute Gasteiger partial charge is 0.315 e. The molecule has 0 radical (unpaired) electrons. The predicted octanol–water partition coefficient (Wildman–Crippen LogP) is 3.85. The van der Waals surface area contributed by atoms with Crippen molar-refractivity contribution < 1.29 is 0 Å². The van der Waals surface area contributed by atoms with Gasteiger partial charge in [-0.25, -0.2) is 4.98 Å². The number of hydrogen-bond acceptors (Lipinski definition) is 4. The number of thiazole rings is 1. The van der Waals surface area contributed by atoms with Crippen LogP contribution < -0.4 is 5.32 Å². The van der Waals surface area contributed by atoms with Gasteiger partial charge in [0.25, 0.3) is 0 Å². The SMILES string of the molecule is CCCc1nc(CSC(C)(C)C)sc1CNC. The minimum Gasteiger partial charge on any atom is -0.315 e. The molecule has 0 aromatic carbocycles. The van der Waals surface area contributed by atoms with Gasteiger partial charge in [0.1, 0.15) is 5.01 Å². The van der Waals surface area contributed by atoms with Crippen LogP contribution >= 0.6 is 23.1 Å². The molecular weight excluding hydrogens is 248 g/mol. The topological polar surface area (TPSA) is 24.9 Å². The Labute approximate surface area is 114 Å². The molecule has 0 spiro atoms. The molecule has 4 heteroatoms. The molecule has 2 nitrogen and oxygen atoms in total. The van der Waals surface area contributed by atoms with Gasteiger partial charge in [-0.05, 0) is 13.5 Å². The third-order valence-electron chi connectivity index (χ3n) is 2.28. The van der Waals surface area contributed by atoms with Gasteiger partial charge in [-0.1, -0.05) is 34.1 Å². The van der Waals surface area contributed by atoms with Crippen LogP contribution in [0.3, 0.4) is 0 Å². The van der Waals surface area contributed by atoms with Gasteiger partial charge in [0.15, 0.2) is 0 Å². The Morgan fingerprint density at radius 2 is 2.06 bits per heavy atom. The van der Waals surface area contributed by atoms with Gasteiger partial charge in [0.2, 0.25) is 0 Å². The third kappa shape index (κ3) is 5.40. The number of rotatable bonds is 6. The van der Waals surface area contributed by atoms with Gasteiger partial charge in [0.05, 0.1) is 5.69 Å². The Bertz CT molecular complexity index is 316. The van der Waals surface area contributed by atoms with E-state index in [1.165, 1.54) is 22.0 Å². The molecule has 1 aromatic rings. The van der Waals surface area contributed by atoms with Crippen LogP contribution in [0.25, 0.3) is 0 Å². The molecule has 0 saturated carbocycles. The van der Waals surface area contributed by atoms with Crippen molar-refractivity contribution in [3.8, 4) is 0 Å². The van der Waals surface area contributed by atoms with E-state index < -0.39 is 0 Å². The molecule has 98 valence electrons. The molecule has 1 rings (SSSR count). The highest BCUT2D eigenvalue weighted by molar-refractivity contribution is 7.99. The number of aryl methyl sites for hydroxylation is 1. The summed E-state index contributed by atoms with van der Waals surface area (Å²) in [6.07, 6.45) is 2.28. The summed E-state index contributed by atoms with van der Waals surface area (Å²) < 4.78 is 0.319. The molecule has 17 heavy (non-hydrogen) atoms. The second-order valence-electron chi connectivity index (χ2n) is 5.16. The predicted molar refractivity (Wildman–Crippen MR) is 79.9 cm³/mol. The van der Waals surface area contributed by atoms with E-state index in [1.807, 2.05) is 30.1 Å². The maximum Gasteiger partial charge on any atom is 0.103 e. The number of nitrogens with zero attached hydrogens (tertiary/aromatic N) is 1. The van der Waals surface area contributed by atoms with Crippen molar-refractivity contribution in [1.82, 2.24) is 10.3 Å². The highest BCUT2D eigenvalue weighted by Gasteiger charge is 2.14. The molecule has 0 unspecified atom stereocenters. The normalized spacial score (nSPS) is 12.1. The minimum absolute atomic E-state index is 0.319. The van der Waals surface area contributed by atoms with Crippen LogP contribution in [0.5, 0.6) is 0 Å². The van der Waals surface area contributed by atoms with E-state index in [1.54, 1.807) is 0 Å². The zero-order valence-electron chi connectivity index (χ0n) is 11.6. The first kappa shape index (κ1) is 15.0. The number of nitrogens with one attached hydrogen (secondary N) is 1. The van der Waals surface area contributed by atoms with Crippen LogP contribution in [-0.2, 0) is 18.7 Å². The fourth-order valence-corrected chi connectivity index (χ4v) is 3.46. The van der Waals surface area contributed by atoms with Gasteiger partial charge in [-0.3, -0.25) is 0 Å². The number of thioether (sulfide) groups is 1. The number of hydrogen-bond donors (Lipinski definition) is 1. The van der Waals surface area contributed by atoms with Gasteiger partial charge < -0.3 is 5.32 Å². The van der Waals surface area contributed by atoms with Crippen molar-refractivity contribution in [3.63, 3.8) is 0 Å². The molecule has 0 fully saturated rings. The first-order chi connectivity index (χ1) is 7.96. The zero-order valence-corrected chi connectivity index (χ0v) is 13.2. The summed E-state index contributed by atoms with van der Waals surface area (Å²) in [5.41, 5.74) is 1.30. The Balaban J connectivity index is 2.69. The quantitative estimate of drug-likeness (QED) is 0.851. The summed E-state index contributed by atoms with van der Waals surface area (Å²) >= 11 is 3.84. The van der Waals surface area contributed by atoms with E-state index in [4.69, 9.17) is 4.98 Å². The zero-order chi connectivity index (χ0) is 12.9. The van der Waals surface area contributed by atoms with Crippen molar-refractivity contribution in [1.29, 1.82) is 0 Å². The van der Waals surface area contributed by atoms with Crippen LogP contribution in [0.2, 0.25) is 0 Å². The van der Waals surface area contributed by atoms with Gasteiger partial charge in [-0.15, -0.1) is 23.1 Å². The minimum atomic E-state index is 0.319. The first-order valence-corrected chi connectivity index (χ1v) is 8.02. The Morgan fingerprint density at radius 3 is 2.59 bits per heavy atom. The van der Waals surface area contributed by atoms with Gasteiger partial charge in [-0.2, -0.15) is 0 Å². The van der Waals surface area contributed by atoms with E-state index in [0.717, 1.165) is 18.7 Å². The van der Waals surface area contributed by atoms with E-state index in [2.05, 4.69) is 33.0 Å². The first-order valence-electron chi connectivity index (χ1n) is 6.22. The molecule has 0 amide bonds. The molecule has 1 heterocycles. The average Bonchev–Trinajstić information content (AvgIpc) is 2.59. The van der Waals surface area contributed by atoms with Crippen LogP contribution in [-0.4, -0.2) is 16.8 Å². The average molecular weight is 272 g/mol. The maximum atomic E-state index is 4.78. The van der Waals surface area contributed by atoms with Crippen molar-refractivity contribution in [2.75, 3.05) is 7.05 Å². The molecule has 0 aliphatic rings. The molecule has 0 atom stereocenters. The lowest BCUT2D eigenvalue weighted by Gasteiger charge is -2.16. The van der Waals surface area contributed by atoms with Crippen molar-refractivity contribution in [2.45, 2.75) is 57.6 Å². The molecule has 1 aromatic heterocycles. The third-order valence-corrected chi connectivity index (χ3v) is 4.84. The second-order valence-corrected chi connectivity index (χ2v) is 8.13. The smallest absolute Gasteiger partial charge is 0.103 e. The summed E-state index contributed by atoms with van der Waals surface area (Å²) in [7, 11) is 2.00. The van der Waals surface area contributed by atoms with E-state index in [0.29, 0.717) is 4.75 Å². The lowest BCUT2D eigenvalue weighted by Crippen LogP contribution is -2.07. The molecule has 0 aliphatic carbocycles.